The van der Waals surface area contributed by atoms with E-state index in [1.165, 1.54) is 13.1 Å². The number of hydrogen-bond donors (Lipinski definition) is 1. The van der Waals surface area contributed by atoms with Crippen LogP contribution in [0.4, 0.5) is 0 Å². The van der Waals surface area contributed by atoms with Gasteiger partial charge in [-0.15, -0.1) is 11.3 Å². The monoisotopic (exact) mass is 318 g/mol. The molecule has 1 fully saturated rings. The van der Waals surface area contributed by atoms with Crippen molar-refractivity contribution in [2.75, 3.05) is 26.7 Å². The molecule has 1 aliphatic carbocycles. The summed E-state index contributed by atoms with van der Waals surface area (Å²) in [5.74, 6) is -0.260. The number of amides is 1. The molecule has 0 atom stereocenters. The Labute approximate surface area is 122 Å². The van der Waals surface area contributed by atoms with Gasteiger partial charge in [0, 0.05) is 19.6 Å². The highest BCUT2D eigenvalue weighted by molar-refractivity contribution is 7.91. The first-order valence-electron chi connectivity index (χ1n) is 6.37. The first kappa shape index (κ1) is 15.4. The minimum atomic E-state index is -3.60. The number of likely N-dealkylation sites (N-methyl/N-ethyl adjacent to an activating group) is 1. The van der Waals surface area contributed by atoms with Gasteiger partial charge in [0.05, 0.1) is 13.2 Å². The van der Waals surface area contributed by atoms with Gasteiger partial charge in [-0.3, -0.25) is 4.79 Å². The molecule has 1 aromatic heterocycles. The molecule has 1 N–H and O–H groups in total. The standard InChI is InChI=1S/C12H18N2O4S2/c1-13(20(17,18)12-3-2-8-19-12)9-11(16)14(6-7-15)10-4-5-10/h2-3,8,10,15H,4-7,9H2,1H3. The Morgan fingerprint density at radius 3 is 2.70 bits per heavy atom. The Balaban J connectivity index is 2.03. The van der Waals surface area contributed by atoms with Gasteiger partial charge in [-0.1, -0.05) is 6.07 Å². The quantitative estimate of drug-likeness (QED) is 0.787. The second kappa shape index (κ2) is 6.21. The molecule has 0 aromatic carbocycles. The number of aliphatic hydroxyl groups is 1. The van der Waals surface area contributed by atoms with Gasteiger partial charge < -0.3 is 10.0 Å². The van der Waals surface area contributed by atoms with E-state index in [0.717, 1.165) is 28.5 Å². The highest BCUT2D eigenvalue weighted by Gasteiger charge is 2.34. The van der Waals surface area contributed by atoms with Crippen LogP contribution in [-0.4, -0.2) is 61.4 Å². The third-order valence-electron chi connectivity index (χ3n) is 3.17. The summed E-state index contributed by atoms with van der Waals surface area (Å²) in [6.07, 6.45) is 1.85. The van der Waals surface area contributed by atoms with Gasteiger partial charge in [0.15, 0.2) is 0 Å². The zero-order chi connectivity index (χ0) is 14.8. The molecule has 1 heterocycles. The van der Waals surface area contributed by atoms with Crippen LogP contribution in [0.2, 0.25) is 0 Å². The molecule has 0 aliphatic heterocycles. The Morgan fingerprint density at radius 2 is 2.20 bits per heavy atom. The van der Waals surface area contributed by atoms with Crippen LogP contribution in [0, 0.1) is 0 Å². The normalized spacial score (nSPS) is 15.6. The second-order valence-electron chi connectivity index (χ2n) is 4.74. The molecular weight excluding hydrogens is 300 g/mol. The molecule has 0 unspecified atom stereocenters. The summed E-state index contributed by atoms with van der Waals surface area (Å²) in [4.78, 5) is 13.7. The number of sulfonamides is 1. The molecule has 1 aliphatic rings. The molecule has 112 valence electrons. The number of nitrogens with zero attached hydrogens (tertiary/aromatic N) is 2. The Morgan fingerprint density at radius 1 is 1.50 bits per heavy atom. The van der Waals surface area contributed by atoms with Crippen molar-refractivity contribution in [1.29, 1.82) is 0 Å². The lowest BCUT2D eigenvalue weighted by Crippen LogP contribution is -2.43. The lowest BCUT2D eigenvalue weighted by atomic mass is 10.4. The maximum Gasteiger partial charge on any atom is 0.252 e. The molecular formula is C12H18N2O4S2. The van der Waals surface area contributed by atoms with Crippen molar-refractivity contribution >= 4 is 27.3 Å². The number of thiophene rings is 1. The lowest BCUT2D eigenvalue weighted by molar-refractivity contribution is -0.132. The minimum absolute atomic E-state index is 0.108. The maximum atomic E-state index is 12.2. The fraction of sp³-hybridized carbons (Fsp3) is 0.583. The molecule has 0 radical (unpaired) electrons. The highest BCUT2D eigenvalue weighted by atomic mass is 32.2. The van der Waals surface area contributed by atoms with E-state index in [-0.39, 0.29) is 35.9 Å². The third-order valence-corrected chi connectivity index (χ3v) is 6.34. The molecule has 0 bridgehead atoms. The molecule has 6 nitrogen and oxygen atoms in total. The van der Waals surface area contributed by atoms with Gasteiger partial charge >= 0.3 is 0 Å². The first-order chi connectivity index (χ1) is 9.46. The molecule has 0 spiro atoms. The largest absolute Gasteiger partial charge is 0.395 e. The number of rotatable bonds is 7. The Bertz CT molecular complexity index is 552. The minimum Gasteiger partial charge on any atom is -0.395 e. The van der Waals surface area contributed by atoms with Gasteiger partial charge in [-0.25, -0.2) is 8.42 Å². The van der Waals surface area contributed by atoms with E-state index in [0.29, 0.717) is 0 Å². The zero-order valence-corrected chi connectivity index (χ0v) is 12.9. The Kier molecular flexibility index (Phi) is 4.79. The van der Waals surface area contributed by atoms with E-state index in [9.17, 15) is 13.2 Å². The molecule has 1 saturated carbocycles. The fourth-order valence-corrected chi connectivity index (χ4v) is 4.26. The predicted molar refractivity (Wildman–Crippen MR) is 76.0 cm³/mol. The Hall–Kier alpha value is -0.960. The number of aliphatic hydroxyl groups excluding tert-OH is 1. The topological polar surface area (TPSA) is 77.9 Å². The van der Waals surface area contributed by atoms with Crippen LogP contribution >= 0.6 is 11.3 Å². The van der Waals surface area contributed by atoms with Crippen LogP contribution in [0.5, 0.6) is 0 Å². The van der Waals surface area contributed by atoms with Crippen molar-refractivity contribution in [3.63, 3.8) is 0 Å². The maximum absolute atomic E-state index is 12.2. The molecule has 1 amide bonds. The van der Waals surface area contributed by atoms with Gasteiger partial charge in [-0.05, 0) is 24.3 Å². The van der Waals surface area contributed by atoms with Gasteiger partial charge in [0.2, 0.25) is 5.91 Å². The predicted octanol–water partition coefficient (Wildman–Crippen LogP) is 0.352. The van der Waals surface area contributed by atoms with E-state index in [1.54, 1.807) is 16.3 Å². The summed E-state index contributed by atoms with van der Waals surface area (Å²) in [5.41, 5.74) is 0. The van der Waals surface area contributed by atoms with Crippen molar-refractivity contribution in [3.8, 4) is 0 Å². The van der Waals surface area contributed by atoms with Crippen LogP contribution in [0.1, 0.15) is 12.8 Å². The summed E-state index contributed by atoms with van der Waals surface area (Å²) in [6, 6.07) is 3.34. The number of carbonyl (C=O) groups is 1. The van der Waals surface area contributed by atoms with Crippen LogP contribution in [0.3, 0.4) is 0 Å². The van der Waals surface area contributed by atoms with Crippen molar-refractivity contribution in [2.24, 2.45) is 0 Å². The van der Waals surface area contributed by atoms with E-state index < -0.39 is 10.0 Å². The highest BCUT2D eigenvalue weighted by Crippen LogP contribution is 2.27. The fourth-order valence-electron chi connectivity index (χ4n) is 1.93. The van der Waals surface area contributed by atoms with E-state index >= 15 is 0 Å². The van der Waals surface area contributed by atoms with E-state index in [2.05, 4.69) is 0 Å². The van der Waals surface area contributed by atoms with Crippen LogP contribution < -0.4 is 0 Å². The number of carbonyl (C=O) groups excluding carboxylic acids is 1. The van der Waals surface area contributed by atoms with Crippen molar-refractivity contribution < 1.29 is 18.3 Å². The van der Waals surface area contributed by atoms with Crippen molar-refractivity contribution in [2.45, 2.75) is 23.1 Å². The average molecular weight is 318 g/mol. The number of hydrogen-bond acceptors (Lipinski definition) is 5. The molecule has 1 aromatic rings. The van der Waals surface area contributed by atoms with Crippen molar-refractivity contribution in [1.82, 2.24) is 9.21 Å². The van der Waals surface area contributed by atoms with Crippen LogP contribution in [0.15, 0.2) is 21.7 Å². The molecule has 20 heavy (non-hydrogen) atoms. The van der Waals surface area contributed by atoms with E-state index in [4.69, 9.17) is 5.11 Å². The summed E-state index contributed by atoms with van der Waals surface area (Å²) in [6.45, 7) is -0.0449. The lowest BCUT2D eigenvalue weighted by Gasteiger charge is -2.24. The molecule has 0 saturated heterocycles. The first-order valence-corrected chi connectivity index (χ1v) is 8.69. The molecule has 8 heteroatoms. The van der Waals surface area contributed by atoms with E-state index in [1.807, 2.05) is 0 Å². The molecule has 2 rings (SSSR count). The summed E-state index contributed by atoms with van der Waals surface area (Å²) < 4.78 is 25.7. The van der Waals surface area contributed by atoms with Gasteiger partial charge in [0.1, 0.15) is 4.21 Å². The second-order valence-corrected chi connectivity index (χ2v) is 7.95. The van der Waals surface area contributed by atoms with Gasteiger partial charge in [0.25, 0.3) is 10.0 Å². The average Bonchev–Trinajstić information content (AvgIpc) is 3.07. The van der Waals surface area contributed by atoms with Gasteiger partial charge in [-0.2, -0.15) is 4.31 Å². The van der Waals surface area contributed by atoms with Crippen LogP contribution in [-0.2, 0) is 14.8 Å². The van der Waals surface area contributed by atoms with Crippen LogP contribution in [0.25, 0.3) is 0 Å². The SMILES string of the molecule is CN(CC(=O)N(CCO)C1CC1)S(=O)(=O)c1cccs1. The summed E-state index contributed by atoms with van der Waals surface area (Å²) in [7, 11) is -2.20. The van der Waals surface area contributed by atoms with Crippen molar-refractivity contribution in [3.05, 3.63) is 17.5 Å². The smallest absolute Gasteiger partial charge is 0.252 e. The summed E-state index contributed by atoms with van der Waals surface area (Å²) >= 11 is 1.13. The third kappa shape index (κ3) is 3.38. The summed E-state index contributed by atoms with van der Waals surface area (Å²) in [5, 5.41) is 10.7. The zero-order valence-electron chi connectivity index (χ0n) is 11.2.